The van der Waals surface area contributed by atoms with Crippen LogP contribution in [0.2, 0.25) is 0 Å². The number of anilines is 1. The molecule has 0 saturated heterocycles. The first-order valence-corrected chi connectivity index (χ1v) is 7.42. The van der Waals surface area contributed by atoms with Gasteiger partial charge in [0.05, 0.1) is 12.8 Å². The maximum absolute atomic E-state index is 12.1. The minimum atomic E-state index is -3.64. The van der Waals surface area contributed by atoms with Gasteiger partial charge in [0.25, 0.3) is 0 Å². The third-order valence-electron chi connectivity index (χ3n) is 2.72. The van der Waals surface area contributed by atoms with Gasteiger partial charge in [-0.25, -0.2) is 18.1 Å². The molecule has 0 atom stereocenters. The normalized spacial score (nSPS) is 11.4. The Balaban J connectivity index is 2.06. The fourth-order valence-corrected chi connectivity index (χ4v) is 2.86. The fraction of sp³-hybridized carbons (Fsp3) is 0.250. The van der Waals surface area contributed by atoms with Crippen molar-refractivity contribution in [2.45, 2.75) is 11.3 Å². The SMILES string of the molecule is COc1ccc(S(=O)(=O)NCCc2ncc[nH]2)c(N)c1. The summed E-state index contributed by atoms with van der Waals surface area (Å²) in [5.74, 6) is 1.23. The van der Waals surface area contributed by atoms with Crippen LogP contribution in [-0.4, -0.2) is 32.0 Å². The highest BCUT2D eigenvalue weighted by Crippen LogP contribution is 2.23. The van der Waals surface area contributed by atoms with Gasteiger partial charge in [0.2, 0.25) is 10.0 Å². The van der Waals surface area contributed by atoms with Gasteiger partial charge >= 0.3 is 0 Å². The number of sulfonamides is 1. The van der Waals surface area contributed by atoms with Crippen molar-refractivity contribution >= 4 is 15.7 Å². The van der Waals surface area contributed by atoms with Crippen molar-refractivity contribution in [1.82, 2.24) is 14.7 Å². The van der Waals surface area contributed by atoms with Crippen molar-refractivity contribution in [1.29, 1.82) is 0 Å². The molecular weight excluding hydrogens is 280 g/mol. The highest BCUT2D eigenvalue weighted by atomic mass is 32.2. The molecule has 1 aromatic heterocycles. The maximum Gasteiger partial charge on any atom is 0.242 e. The molecule has 20 heavy (non-hydrogen) atoms. The number of hydrogen-bond acceptors (Lipinski definition) is 5. The molecule has 0 amide bonds. The second-order valence-corrected chi connectivity index (χ2v) is 5.82. The van der Waals surface area contributed by atoms with Crippen molar-refractivity contribution in [2.75, 3.05) is 19.4 Å². The number of aromatic nitrogens is 2. The molecule has 8 heteroatoms. The summed E-state index contributed by atoms with van der Waals surface area (Å²) in [6, 6.07) is 4.45. The van der Waals surface area contributed by atoms with Gasteiger partial charge in [-0.15, -0.1) is 0 Å². The highest BCUT2D eigenvalue weighted by Gasteiger charge is 2.17. The summed E-state index contributed by atoms with van der Waals surface area (Å²) >= 11 is 0. The van der Waals surface area contributed by atoms with Gasteiger partial charge in [0.1, 0.15) is 16.5 Å². The summed E-state index contributed by atoms with van der Waals surface area (Å²) in [5.41, 5.74) is 5.88. The topological polar surface area (TPSA) is 110 Å². The lowest BCUT2D eigenvalue weighted by Gasteiger charge is -2.09. The van der Waals surface area contributed by atoms with Gasteiger partial charge in [-0.1, -0.05) is 0 Å². The van der Waals surface area contributed by atoms with Gasteiger partial charge in [-0.05, 0) is 12.1 Å². The fourth-order valence-electron chi connectivity index (χ4n) is 1.71. The minimum Gasteiger partial charge on any atom is -0.497 e. The Morgan fingerprint density at radius 3 is 2.85 bits per heavy atom. The number of nitrogen functional groups attached to an aromatic ring is 1. The van der Waals surface area contributed by atoms with Gasteiger partial charge in [-0.2, -0.15) is 0 Å². The van der Waals surface area contributed by atoms with Crippen molar-refractivity contribution in [3.63, 3.8) is 0 Å². The first-order valence-electron chi connectivity index (χ1n) is 5.94. The largest absolute Gasteiger partial charge is 0.497 e. The Labute approximate surface area is 117 Å². The zero-order valence-corrected chi connectivity index (χ0v) is 11.8. The molecule has 0 unspecified atom stereocenters. The molecule has 1 heterocycles. The van der Waals surface area contributed by atoms with E-state index in [9.17, 15) is 8.42 Å². The second-order valence-electron chi connectivity index (χ2n) is 4.09. The molecule has 0 spiro atoms. The number of benzene rings is 1. The van der Waals surface area contributed by atoms with E-state index in [0.29, 0.717) is 12.2 Å². The average molecular weight is 296 g/mol. The number of rotatable bonds is 6. The quantitative estimate of drug-likeness (QED) is 0.673. The average Bonchev–Trinajstić information content (AvgIpc) is 2.91. The molecule has 7 nitrogen and oxygen atoms in total. The van der Waals surface area contributed by atoms with Crippen LogP contribution in [0.5, 0.6) is 5.75 Å². The first kappa shape index (κ1) is 14.4. The lowest BCUT2D eigenvalue weighted by Crippen LogP contribution is -2.27. The van der Waals surface area contributed by atoms with Gasteiger partial charge in [0.15, 0.2) is 0 Å². The van der Waals surface area contributed by atoms with Crippen molar-refractivity contribution < 1.29 is 13.2 Å². The van der Waals surface area contributed by atoms with Crippen LogP contribution in [0, 0.1) is 0 Å². The van der Waals surface area contributed by atoms with E-state index in [4.69, 9.17) is 10.5 Å². The Bertz CT molecular complexity index is 668. The summed E-state index contributed by atoms with van der Waals surface area (Å²) in [5, 5.41) is 0. The molecule has 0 aliphatic heterocycles. The van der Waals surface area contributed by atoms with E-state index in [1.165, 1.54) is 19.2 Å². The van der Waals surface area contributed by atoms with Gasteiger partial charge in [-0.3, -0.25) is 0 Å². The third kappa shape index (κ3) is 3.28. The van der Waals surface area contributed by atoms with Crippen LogP contribution in [0.1, 0.15) is 5.82 Å². The zero-order chi connectivity index (χ0) is 14.6. The Morgan fingerprint density at radius 2 is 2.25 bits per heavy atom. The molecule has 2 aromatic rings. The monoisotopic (exact) mass is 296 g/mol. The van der Waals surface area contributed by atoms with Gasteiger partial charge in [0, 0.05) is 31.4 Å². The van der Waals surface area contributed by atoms with Crippen LogP contribution in [0.25, 0.3) is 0 Å². The molecule has 0 saturated carbocycles. The number of aromatic amines is 1. The number of nitrogens with two attached hydrogens (primary N) is 1. The molecular formula is C12H16N4O3S. The Hall–Kier alpha value is -2.06. The highest BCUT2D eigenvalue weighted by molar-refractivity contribution is 7.89. The number of ether oxygens (including phenoxy) is 1. The molecule has 0 fully saturated rings. The van der Waals surface area contributed by atoms with E-state index < -0.39 is 10.0 Å². The minimum absolute atomic E-state index is 0.0396. The maximum atomic E-state index is 12.1. The van der Waals surface area contributed by atoms with Crippen LogP contribution >= 0.6 is 0 Å². The second kappa shape index (κ2) is 5.93. The molecule has 0 bridgehead atoms. The molecule has 0 aliphatic carbocycles. The van der Waals surface area contributed by atoms with E-state index in [-0.39, 0.29) is 17.1 Å². The Kier molecular flexibility index (Phi) is 4.26. The molecule has 2 rings (SSSR count). The number of H-pyrrole nitrogens is 1. The van der Waals surface area contributed by atoms with Crippen LogP contribution in [-0.2, 0) is 16.4 Å². The van der Waals surface area contributed by atoms with Crippen LogP contribution in [0.4, 0.5) is 5.69 Å². The lowest BCUT2D eigenvalue weighted by atomic mass is 10.3. The summed E-state index contributed by atoms with van der Waals surface area (Å²) in [6.45, 7) is 0.237. The van der Waals surface area contributed by atoms with E-state index in [2.05, 4.69) is 14.7 Å². The van der Waals surface area contributed by atoms with E-state index >= 15 is 0 Å². The smallest absolute Gasteiger partial charge is 0.242 e. The predicted molar refractivity (Wildman–Crippen MR) is 74.9 cm³/mol. The molecule has 4 N–H and O–H groups in total. The predicted octanol–water partition coefficient (Wildman–Crippen LogP) is 0.521. The van der Waals surface area contributed by atoms with Crippen molar-refractivity contribution in [3.05, 3.63) is 36.4 Å². The lowest BCUT2D eigenvalue weighted by molar-refractivity contribution is 0.414. The first-order chi connectivity index (χ1) is 9.53. The zero-order valence-electron chi connectivity index (χ0n) is 11.0. The van der Waals surface area contributed by atoms with Crippen molar-refractivity contribution in [3.8, 4) is 5.75 Å². The van der Waals surface area contributed by atoms with Crippen LogP contribution in [0.15, 0.2) is 35.5 Å². The summed E-state index contributed by atoms with van der Waals surface area (Å²) in [6.07, 6.45) is 3.78. The molecule has 1 aromatic carbocycles. The molecule has 0 radical (unpaired) electrons. The van der Waals surface area contributed by atoms with E-state index in [1.54, 1.807) is 18.5 Å². The Morgan fingerprint density at radius 1 is 1.45 bits per heavy atom. The van der Waals surface area contributed by atoms with Gasteiger partial charge < -0.3 is 15.5 Å². The summed E-state index contributed by atoms with van der Waals surface area (Å²) in [7, 11) is -2.15. The summed E-state index contributed by atoms with van der Waals surface area (Å²) < 4.78 is 31.7. The standard InChI is InChI=1S/C12H16N4O3S/c1-19-9-2-3-11(10(13)8-9)20(17,18)16-5-4-12-14-6-7-15-12/h2-3,6-8,16H,4-5,13H2,1H3,(H,14,15). The number of imidazole rings is 1. The third-order valence-corrected chi connectivity index (χ3v) is 4.25. The van der Waals surface area contributed by atoms with Crippen LogP contribution in [0.3, 0.4) is 0 Å². The van der Waals surface area contributed by atoms with Crippen molar-refractivity contribution in [2.24, 2.45) is 0 Å². The number of methoxy groups -OCH3 is 1. The summed E-state index contributed by atoms with van der Waals surface area (Å²) in [4.78, 5) is 6.96. The van der Waals surface area contributed by atoms with Crippen LogP contribution < -0.4 is 15.2 Å². The number of nitrogens with zero attached hydrogens (tertiary/aromatic N) is 1. The number of hydrogen-bond donors (Lipinski definition) is 3. The molecule has 0 aliphatic rings. The molecule has 108 valence electrons. The van der Waals surface area contributed by atoms with E-state index in [0.717, 1.165) is 5.82 Å². The van der Waals surface area contributed by atoms with E-state index in [1.807, 2.05) is 0 Å². The number of nitrogens with one attached hydrogen (secondary N) is 2.